The lowest BCUT2D eigenvalue weighted by Gasteiger charge is -2.45. The highest BCUT2D eigenvalue weighted by Crippen LogP contribution is 2.41. The van der Waals surface area contributed by atoms with E-state index in [4.69, 9.17) is 0 Å². The predicted molar refractivity (Wildman–Crippen MR) is 119 cm³/mol. The largest absolute Gasteiger partial charge is 0.573 e. The van der Waals surface area contributed by atoms with Crippen LogP contribution in [-0.4, -0.2) is 37.3 Å². The number of anilines is 2. The zero-order valence-electron chi connectivity index (χ0n) is 17.8. The summed E-state index contributed by atoms with van der Waals surface area (Å²) in [6.07, 6.45) is -5.89. The van der Waals surface area contributed by atoms with Gasteiger partial charge in [-0.2, -0.15) is 0 Å². The van der Waals surface area contributed by atoms with Crippen LogP contribution < -0.4 is 14.5 Å². The molecule has 1 aliphatic heterocycles. The zero-order valence-corrected chi connectivity index (χ0v) is 17.8. The van der Waals surface area contributed by atoms with Gasteiger partial charge in [0.25, 0.3) is 0 Å². The molecule has 1 aliphatic rings. The monoisotopic (exact) mass is 460 g/mol. The number of hydrogen-bond donors (Lipinski definition) is 1. The van der Waals surface area contributed by atoms with Crippen molar-refractivity contribution >= 4 is 11.4 Å². The summed E-state index contributed by atoms with van der Waals surface area (Å²) in [5, 5.41) is 10.1. The summed E-state index contributed by atoms with van der Waals surface area (Å²) < 4.78 is 55.2. The summed E-state index contributed by atoms with van der Waals surface area (Å²) in [6, 6.07) is 23.0. The Hall–Kier alpha value is -3.26. The van der Waals surface area contributed by atoms with Gasteiger partial charge in [0, 0.05) is 19.6 Å². The van der Waals surface area contributed by atoms with Gasteiger partial charge in [0.05, 0.1) is 23.5 Å². The molecule has 0 saturated carbocycles. The van der Waals surface area contributed by atoms with Gasteiger partial charge >= 0.3 is 6.36 Å². The summed E-state index contributed by atoms with van der Waals surface area (Å²) >= 11 is 0. The number of aliphatic hydroxyl groups is 1. The molecule has 3 aromatic carbocycles. The van der Waals surface area contributed by atoms with Gasteiger partial charge in [0.15, 0.2) is 0 Å². The third-order valence-corrected chi connectivity index (χ3v) is 5.58. The van der Waals surface area contributed by atoms with Crippen LogP contribution in [0.5, 0.6) is 5.75 Å². The molecule has 1 heterocycles. The van der Waals surface area contributed by atoms with E-state index in [1.165, 1.54) is 18.2 Å². The first kappa shape index (κ1) is 22.9. The van der Waals surface area contributed by atoms with Crippen LogP contribution in [0, 0.1) is 0 Å². The van der Waals surface area contributed by atoms with Crippen molar-refractivity contribution < 1.29 is 27.4 Å². The second-order valence-corrected chi connectivity index (χ2v) is 7.95. The van der Waals surface area contributed by atoms with Crippen LogP contribution in [0.2, 0.25) is 0 Å². The molecule has 0 aliphatic carbocycles. The van der Waals surface area contributed by atoms with Crippen LogP contribution >= 0.6 is 0 Å². The number of aliphatic hydroxyl groups excluding tert-OH is 1. The van der Waals surface area contributed by atoms with Crippen molar-refractivity contribution in [3.8, 4) is 5.75 Å². The minimum Gasteiger partial charge on any atom is -0.406 e. The molecule has 0 unspecified atom stereocenters. The van der Waals surface area contributed by atoms with Gasteiger partial charge in [-0.05, 0) is 35.4 Å². The normalized spacial score (nSPS) is 16.9. The minimum absolute atomic E-state index is 0.121. The first-order chi connectivity index (χ1) is 15.8. The Morgan fingerprint density at radius 1 is 0.939 bits per heavy atom. The van der Waals surface area contributed by atoms with Gasteiger partial charge in [0.1, 0.15) is 12.4 Å². The third-order valence-electron chi connectivity index (χ3n) is 5.58. The highest BCUT2D eigenvalue weighted by molar-refractivity contribution is 5.74. The first-order valence-corrected chi connectivity index (χ1v) is 10.6. The number of halogens is 4. The Labute approximate surface area is 189 Å². The molecule has 2 atom stereocenters. The predicted octanol–water partition coefficient (Wildman–Crippen LogP) is 5.48. The summed E-state index contributed by atoms with van der Waals surface area (Å²) in [6.45, 7) is 0.130. The van der Waals surface area contributed by atoms with Crippen molar-refractivity contribution in [1.29, 1.82) is 0 Å². The van der Waals surface area contributed by atoms with E-state index in [0.717, 1.165) is 16.9 Å². The van der Waals surface area contributed by atoms with Crippen molar-refractivity contribution in [3.63, 3.8) is 0 Å². The topological polar surface area (TPSA) is 35.9 Å². The molecule has 0 fully saturated rings. The number of fused-ring (bicyclic) bond motifs is 1. The minimum atomic E-state index is -4.76. The molecule has 4 nitrogen and oxygen atoms in total. The number of β-amino-alcohol motifs (C(OH)–C–C–N with tert-alkyl or cyclic N) is 1. The fourth-order valence-corrected chi connectivity index (χ4v) is 4.22. The second kappa shape index (κ2) is 9.70. The van der Waals surface area contributed by atoms with E-state index < -0.39 is 19.1 Å². The van der Waals surface area contributed by atoms with E-state index in [2.05, 4.69) is 9.64 Å². The standard InChI is InChI=1S/C25H24F4N2O2/c26-14-20(32)16-31-23-12-5-4-11-22(23)30(17-24(31)19-8-2-1-3-9-19)15-18-7-6-10-21(13-18)33-25(27,28)29/h1-13,20,24,32H,14-17H2/t20-,24+/m1/s1. The molecule has 174 valence electrons. The third kappa shape index (κ3) is 5.57. The van der Waals surface area contributed by atoms with Crippen LogP contribution in [-0.2, 0) is 6.54 Å². The molecular formula is C25H24F4N2O2. The Balaban J connectivity index is 1.69. The lowest BCUT2D eigenvalue weighted by atomic mass is 9.98. The van der Waals surface area contributed by atoms with Gasteiger partial charge in [-0.3, -0.25) is 0 Å². The summed E-state index contributed by atoms with van der Waals surface area (Å²) in [5.74, 6) is -0.266. The number of ether oxygens (including phenoxy) is 1. The van der Waals surface area contributed by atoms with E-state index >= 15 is 0 Å². The van der Waals surface area contributed by atoms with E-state index in [0.29, 0.717) is 18.7 Å². The summed E-state index contributed by atoms with van der Waals surface area (Å²) in [4.78, 5) is 4.08. The van der Waals surface area contributed by atoms with Crippen LogP contribution in [0.1, 0.15) is 17.2 Å². The SMILES string of the molecule is O[C@H](CF)CN1c2ccccc2N(Cc2cccc(OC(F)(F)F)c2)C[C@H]1c1ccccc1. The highest BCUT2D eigenvalue weighted by atomic mass is 19.4. The number of alkyl halides is 4. The number of nitrogens with zero attached hydrogens (tertiary/aromatic N) is 2. The fraction of sp³-hybridized carbons (Fsp3) is 0.280. The maximum absolute atomic E-state index is 13.2. The van der Waals surface area contributed by atoms with Crippen LogP contribution in [0.3, 0.4) is 0 Å². The van der Waals surface area contributed by atoms with Crippen LogP contribution in [0.25, 0.3) is 0 Å². The molecule has 0 amide bonds. The molecule has 3 aromatic rings. The molecule has 0 aromatic heterocycles. The number of para-hydroxylation sites is 2. The van der Waals surface area contributed by atoms with E-state index in [1.807, 2.05) is 59.5 Å². The van der Waals surface area contributed by atoms with Crippen LogP contribution in [0.15, 0.2) is 78.9 Å². The van der Waals surface area contributed by atoms with Crippen molar-refractivity contribution in [3.05, 3.63) is 90.0 Å². The van der Waals surface area contributed by atoms with E-state index in [1.54, 1.807) is 6.07 Å². The molecule has 8 heteroatoms. The molecule has 0 radical (unpaired) electrons. The Bertz CT molecular complexity index is 1060. The average molecular weight is 460 g/mol. The van der Waals surface area contributed by atoms with Gasteiger partial charge in [-0.1, -0.05) is 54.6 Å². The number of benzene rings is 3. The van der Waals surface area contributed by atoms with E-state index in [-0.39, 0.29) is 18.3 Å². The maximum Gasteiger partial charge on any atom is 0.573 e. The highest BCUT2D eigenvalue weighted by Gasteiger charge is 2.33. The van der Waals surface area contributed by atoms with Crippen molar-refractivity contribution in [2.24, 2.45) is 0 Å². The van der Waals surface area contributed by atoms with Crippen molar-refractivity contribution in [2.45, 2.75) is 25.1 Å². The summed E-state index contributed by atoms with van der Waals surface area (Å²) in [7, 11) is 0. The molecule has 1 N–H and O–H groups in total. The lowest BCUT2D eigenvalue weighted by molar-refractivity contribution is -0.274. The molecule has 33 heavy (non-hydrogen) atoms. The Morgan fingerprint density at radius 3 is 2.33 bits per heavy atom. The van der Waals surface area contributed by atoms with Gasteiger partial charge in [-0.25, -0.2) is 4.39 Å². The maximum atomic E-state index is 13.2. The molecule has 0 saturated heterocycles. The first-order valence-electron chi connectivity index (χ1n) is 10.6. The smallest absolute Gasteiger partial charge is 0.406 e. The molecule has 4 rings (SSSR count). The number of rotatable bonds is 7. The molecule has 0 spiro atoms. The van der Waals surface area contributed by atoms with E-state index in [9.17, 15) is 22.7 Å². The quantitative estimate of drug-likeness (QED) is 0.474. The average Bonchev–Trinajstić information content (AvgIpc) is 2.80. The second-order valence-electron chi connectivity index (χ2n) is 7.95. The lowest BCUT2D eigenvalue weighted by Crippen LogP contribution is -2.46. The van der Waals surface area contributed by atoms with Gasteiger partial charge in [0.2, 0.25) is 0 Å². The number of hydrogen-bond acceptors (Lipinski definition) is 4. The van der Waals surface area contributed by atoms with Crippen molar-refractivity contribution in [1.82, 2.24) is 0 Å². The van der Waals surface area contributed by atoms with Crippen LogP contribution in [0.4, 0.5) is 28.9 Å². The fourth-order valence-electron chi connectivity index (χ4n) is 4.22. The molecule has 0 bridgehead atoms. The van der Waals surface area contributed by atoms with Gasteiger partial charge < -0.3 is 19.6 Å². The Morgan fingerprint density at radius 2 is 1.64 bits per heavy atom. The zero-order chi connectivity index (χ0) is 23.4. The Kier molecular flexibility index (Phi) is 6.74. The molecular weight excluding hydrogens is 436 g/mol. The van der Waals surface area contributed by atoms with Gasteiger partial charge in [-0.15, -0.1) is 13.2 Å². The summed E-state index contributed by atoms with van der Waals surface area (Å²) in [5.41, 5.74) is 3.35. The van der Waals surface area contributed by atoms with Crippen molar-refractivity contribution in [2.75, 3.05) is 29.6 Å².